The monoisotopic (exact) mass is 302 g/mol. The van der Waals surface area contributed by atoms with Gasteiger partial charge in [-0.15, -0.1) is 0 Å². The Morgan fingerprint density at radius 1 is 0.947 bits per heavy atom. The maximum Gasteiger partial charge on any atom is 4.00 e. The second kappa shape index (κ2) is 16.0. The van der Waals surface area contributed by atoms with Gasteiger partial charge in [-0.3, -0.25) is 0 Å². The van der Waals surface area contributed by atoms with E-state index >= 15 is 0 Å². The minimum Gasteiger partial charge on any atom is -0.857 e. The van der Waals surface area contributed by atoms with E-state index in [1.165, 1.54) is 37.7 Å². The summed E-state index contributed by atoms with van der Waals surface area (Å²) in [6, 6.07) is 2.41. The van der Waals surface area contributed by atoms with Gasteiger partial charge in [0, 0.05) is 0 Å². The molecule has 0 bridgehead atoms. The van der Waals surface area contributed by atoms with E-state index < -0.39 is 0 Å². The predicted octanol–water partition coefficient (Wildman–Crippen LogP) is 0.0821. The molecule has 0 saturated carbocycles. The van der Waals surface area contributed by atoms with E-state index in [-0.39, 0.29) is 21.7 Å². The Labute approximate surface area is 132 Å². The summed E-state index contributed by atoms with van der Waals surface area (Å²) in [6.45, 7) is 4.54. The molecular weight excluding hydrogens is 276 g/mol. The Morgan fingerprint density at radius 2 is 1.42 bits per heavy atom. The van der Waals surface area contributed by atoms with Gasteiger partial charge in [0.05, 0.1) is 0 Å². The molecule has 1 aromatic rings. The van der Waals surface area contributed by atoms with Crippen LogP contribution in [-0.4, -0.2) is 21.3 Å². The Hall–Kier alpha value is -0.0557. The molecule has 0 radical (unpaired) electrons. The summed E-state index contributed by atoms with van der Waals surface area (Å²) in [5.41, 5.74) is 6.52. The van der Waals surface area contributed by atoms with Crippen molar-refractivity contribution in [2.45, 2.75) is 46.0 Å². The average Bonchev–Trinajstić information content (AvgIpc) is 2.80. The van der Waals surface area contributed by atoms with E-state index in [1.54, 1.807) is 16.7 Å². The number of hydrogen-bond donors (Lipinski definition) is 0. The normalized spacial score (nSPS) is 11.2. The molecule has 0 aromatic heterocycles. The standard InChI is InChI=1S/C12H17.3CH3O.Ti/c1-3-11-9(2)8-10-6-4-5-7-12(10)11;3*1-2;/h8H,3-7H2,1-2H3;3*1H3;/q4*-1;+4. The van der Waals surface area contributed by atoms with E-state index in [9.17, 15) is 0 Å². The zero-order valence-electron chi connectivity index (χ0n) is 12.8. The average molecular weight is 302 g/mol. The Balaban J connectivity index is -0.000000325. The van der Waals surface area contributed by atoms with Crippen LogP contribution in [0.2, 0.25) is 0 Å². The molecule has 19 heavy (non-hydrogen) atoms. The Kier molecular flexibility index (Phi) is 20.2. The van der Waals surface area contributed by atoms with E-state index in [2.05, 4.69) is 19.9 Å². The summed E-state index contributed by atoms with van der Waals surface area (Å²) in [7, 11) is 2.25. The summed E-state index contributed by atoms with van der Waals surface area (Å²) >= 11 is 0. The number of hydrogen-bond acceptors (Lipinski definition) is 3. The molecule has 108 valence electrons. The van der Waals surface area contributed by atoms with Crippen molar-refractivity contribution >= 4 is 0 Å². The topological polar surface area (TPSA) is 69.2 Å². The van der Waals surface area contributed by atoms with E-state index in [0.29, 0.717) is 0 Å². The van der Waals surface area contributed by atoms with Gasteiger partial charge in [0.1, 0.15) is 0 Å². The fourth-order valence-corrected chi connectivity index (χ4v) is 2.51. The first kappa shape index (κ1) is 24.0. The van der Waals surface area contributed by atoms with Crippen molar-refractivity contribution in [3.05, 3.63) is 28.3 Å². The third kappa shape index (κ3) is 7.33. The van der Waals surface area contributed by atoms with E-state index in [0.717, 1.165) is 21.3 Å². The number of fused-ring (bicyclic) bond motifs is 1. The minimum absolute atomic E-state index is 0. The van der Waals surface area contributed by atoms with E-state index in [1.807, 2.05) is 0 Å². The van der Waals surface area contributed by atoms with Gasteiger partial charge in [-0.05, 0) is 0 Å². The molecular formula is C15H26O3Ti. The molecule has 3 nitrogen and oxygen atoms in total. The third-order valence-corrected chi connectivity index (χ3v) is 3.10. The van der Waals surface area contributed by atoms with Crippen LogP contribution in [0.3, 0.4) is 0 Å². The summed E-state index contributed by atoms with van der Waals surface area (Å²) in [4.78, 5) is 0. The second-order valence-electron chi connectivity index (χ2n) is 3.87. The third-order valence-electron chi connectivity index (χ3n) is 3.10. The van der Waals surface area contributed by atoms with Crippen LogP contribution in [0.1, 0.15) is 42.0 Å². The van der Waals surface area contributed by atoms with E-state index in [4.69, 9.17) is 15.3 Å². The van der Waals surface area contributed by atoms with Gasteiger partial charge in [-0.25, -0.2) is 0 Å². The Morgan fingerprint density at radius 3 is 1.89 bits per heavy atom. The van der Waals surface area contributed by atoms with Crippen molar-refractivity contribution in [3.63, 3.8) is 0 Å². The van der Waals surface area contributed by atoms with Gasteiger partial charge in [-0.2, -0.15) is 49.6 Å². The fraction of sp³-hybridized carbons (Fsp3) is 0.667. The first-order valence-corrected chi connectivity index (χ1v) is 6.32. The fourth-order valence-electron chi connectivity index (χ4n) is 2.51. The molecule has 2 rings (SSSR count). The van der Waals surface area contributed by atoms with Gasteiger partial charge in [-0.1, -0.05) is 46.0 Å². The largest absolute Gasteiger partial charge is 4.00 e. The molecule has 0 aliphatic heterocycles. The van der Waals surface area contributed by atoms with Crippen molar-refractivity contribution in [2.24, 2.45) is 0 Å². The molecule has 4 heteroatoms. The van der Waals surface area contributed by atoms with Crippen LogP contribution in [-0.2, 0) is 41.0 Å². The maximum atomic E-state index is 8.25. The molecule has 1 aliphatic carbocycles. The van der Waals surface area contributed by atoms with Crippen LogP contribution in [0.5, 0.6) is 0 Å². The molecule has 0 atom stereocenters. The van der Waals surface area contributed by atoms with Crippen LogP contribution in [0.4, 0.5) is 0 Å². The number of aryl methyl sites for hydroxylation is 2. The van der Waals surface area contributed by atoms with Crippen LogP contribution >= 0.6 is 0 Å². The van der Waals surface area contributed by atoms with Gasteiger partial charge < -0.3 is 15.3 Å². The first-order valence-electron chi connectivity index (χ1n) is 6.32. The first-order chi connectivity index (χ1) is 8.83. The van der Waals surface area contributed by atoms with Crippen LogP contribution in [0.15, 0.2) is 6.07 Å². The van der Waals surface area contributed by atoms with Gasteiger partial charge in [0.2, 0.25) is 0 Å². The zero-order chi connectivity index (χ0) is 14.6. The quantitative estimate of drug-likeness (QED) is 0.545. The summed E-state index contributed by atoms with van der Waals surface area (Å²) < 4.78 is 0. The molecule has 1 aliphatic rings. The molecule has 0 heterocycles. The van der Waals surface area contributed by atoms with Gasteiger partial charge in [0.15, 0.2) is 0 Å². The smallest absolute Gasteiger partial charge is 0.857 e. The van der Waals surface area contributed by atoms with Crippen LogP contribution < -0.4 is 15.3 Å². The molecule has 0 fully saturated rings. The molecule has 0 amide bonds. The zero-order valence-corrected chi connectivity index (χ0v) is 14.4. The van der Waals surface area contributed by atoms with Crippen molar-refractivity contribution in [1.29, 1.82) is 0 Å². The second-order valence-corrected chi connectivity index (χ2v) is 3.87. The predicted molar refractivity (Wildman–Crippen MR) is 70.6 cm³/mol. The van der Waals surface area contributed by atoms with Crippen LogP contribution in [0.25, 0.3) is 0 Å². The SMILES string of the molecule is CCc1c(C)[cH-]c2c1CCCC2.C[O-].C[O-].C[O-].[Ti+4]. The molecule has 0 unspecified atom stereocenters. The number of rotatable bonds is 1. The Bertz CT molecular complexity index is 296. The van der Waals surface area contributed by atoms with Crippen molar-refractivity contribution in [2.75, 3.05) is 21.3 Å². The van der Waals surface area contributed by atoms with Crippen molar-refractivity contribution in [3.8, 4) is 0 Å². The molecule has 1 aromatic carbocycles. The summed E-state index contributed by atoms with van der Waals surface area (Å²) in [5, 5.41) is 24.8. The summed E-state index contributed by atoms with van der Waals surface area (Å²) in [6.07, 6.45) is 6.70. The molecule has 0 saturated heterocycles. The minimum atomic E-state index is 0. The van der Waals surface area contributed by atoms with Gasteiger partial charge >= 0.3 is 21.7 Å². The van der Waals surface area contributed by atoms with Crippen LogP contribution in [0, 0.1) is 6.92 Å². The molecule has 0 N–H and O–H groups in total. The van der Waals surface area contributed by atoms with Crippen molar-refractivity contribution in [1.82, 2.24) is 0 Å². The van der Waals surface area contributed by atoms with Crippen molar-refractivity contribution < 1.29 is 37.0 Å². The summed E-state index contributed by atoms with van der Waals surface area (Å²) in [5.74, 6) is 0. The molecule has 0 spiro atoms. The van der Waals surface area contributed by atoms with Gasteiger partial charge in [0.25, 0.3) is 0 Å². The maximum absolute atomic E-state index is 8.25.